The molecule has 4 N–H and O–H groups in total. The summed E-state index contributed by atoms with van der Waals surface area (Å²) in [7, 11) is 0. The van der Waals surface area contributed by atoms with Crippen LogP contribution in [0.5, 0.6) is 0 Å². The lowest BCUT2D eigenvalue weighted by Gasteiger charge is -2.07. The van der Waals surface area contributed by atoms with E-state index in [1.165, 1.54) is 0 Å². The summed E-state index contributed by atoms with van der Waals surface area (Å²) in [6, 6.07) is 10.1. The van der Waals surface area contributed by atoms with E-state index >= 15 is 0 Å². The molecule has 0 saturated heterocycles. The summed E-state index contributed by atoms with van der Waals surface area (Å²) in [6.45, 7) is 5.52. The molecular weight excluding hydrogens is 377 g/mol. The molecule has 0 radical (unpaired) electrons. The second-order valence-corrected chi connectivity index (χ2v) is 5.09. The Morgan fingerprint density at radius 3 is 2.71 bits per heavy atom. The lowest BCUT2D eigenvalue weighted by Crippen LogP contribution is -2.34. The number of nitrogens with one attached hydrogen (secondary N) is 2. The van der Waals surface area contributed by atoms with Crippen LogP contribution in [-0.4, -0.2) is 22.5 Å². The minimum absolute atomic E-state index is 0. The van der Waals surface area contributed by atoms with E-state index in [1.54, 1.807) is 0 Å². The molecule has 0 saturated carbocycles. The van der Waals surface area contributed by atoms with Gasteiger partial charge in [0, 0.05) is 6.54 Å². The molecular formula is C15H22IN5. The van der Waals surface area contributed by atoms with E-state index in [1.807, 2.05) is 36.5 Å². The van der Waals surface area contributed by atoms with Crippen molar-refractivity contribution < 1.29 is 0 Å². The highest BCUT2D eigenvalue weighted by molar-refractivity contribution is 14.0. The Morgan fingerprint density at radius 1 is 1.33 bits per heavy atom. The molecule has 0 aliphatic heterocycles. The minimum atomic E-state index is 0. The number of guanidine groups is 1. The van der Waals surface area contributed by atoms with Crippen molar-refractivity contribution in [1.29, 1.82) is 0 Å². The van der Waals surface area contributed by atoms with Gasteiger partial charge in [0.05, 0.1) is 11.9 Å². The lowest BCUT2D eigenvalue weighted by atomic mass is 10.2. The summed E-state index contributed by atoms with van der Waals surface area (Å²) in [4.78, 5) is 11.8. The van der Waals surface area contributed by atoms with Crippen molar-refractivity contribution in [1.82, 2.24) is 15.3 Å². The fourth-order valence-corrected chi connectivity index (χ4v) is 1.73. The van der Waals surface area contributed by atoms with Gasteiger partial charge < -0.3 is 16.0 Å². The molecule has 2 rings (SSSR count). The van der Waals surface area contributed by atoms with E-state index in [0.29, 0.717) is 18.4 Å². The number of H-pyrrole nitrogens is 1. The number of nitrogens with zero attached hydrogens (tertiary/aromatic N) is 2. The quantitative estimate of drug-likeness (QED) is 0.411. The molecule has 0 atom stereocenters. The van der Waals surface area contributed by atoms with Gasteiger partial charge in [-0.15, -0.1) is 24.0 Å². The first-order valence-electron chi connectivity index (χ1n) is 6.78. The predicted molar refractivity (Wildman–Crippen MR) is 97.6 cm³/mol. The molecule has 0 fully saturated rings. The zero-order valence-electron chi connectivity index (χ0n) is 12.3. The number of aliphatic imine (C=N–C) groups is 1. The Morgan fingerprint density at radius 2 is 2.05 bits per heavy atom. The van der Waals surface area contributed by atoms with Crippen LogP contribution in [0.3, 0.4) is 0 Å². The van der Waals surface area contributed by atoms with Crippen LogP contribution >= 0.6 is 24.0 Å². The molecule has 0 unspecified atom stereocenters. The normalized spacial score (nSPS) is 11.3. The molecule has 5 nitrogen and oxygen atoms in total. The fourth-order valence-electron chi connectivity index (χ4n) is 1.73. The van der Waals surface area contributed by atoms with Gasteiger partial charge in [0.25, 0.3) is 0 Å². The smallest absolute Gasteiger partial charge is 0.189 e. The van der Waals surface area contributed by atoms with Crippen molar-refractivity contribution in [3.05, 3.63) is 42.4 Å². The lowest BCUT2D eigenvalue weighted by molar-refractivity contribution is 0.621. The first kappa shape index (κ1) is 17.5. The number of nitrogens with two attached hydrogens (primary N) is 1. The van der Waals surface area contributed by atoms with Gasteiger partial charge in [0.1, 0.15) is 12.4 Å². The van der Waals surface area contributed by atoms with Crippen LogP contribution in [0, 0.1) is 5.92 Å². The number of hydrogen-bond donors (Lipinski definition) is 3. The topological polar surface area (TPSA) is 79.1 Å². The summed E-state index contributed by atoms with van der Waals surface area (Å²) in [5.41, 5.74) is 7.89. The molecule has 0 bridgehead atoms. The van der Waals surface area contributed by atoms with Crippen LogP contribution in [0.1, 0.15) is 19.7 Å². The molecule has 1 aromatic carbocycles. The third-order valence-corrected chi connectivity index (χ3v) is 2.80. The number of benzene rings is 1. The van der Waals surface area contributed by atoms with Crippen molar-refractivity contribution in [3.8, 4) is 11.3 Å². The Hall–Kier alpha value is -1.57. The maximum atomic E-state index is 5.78. The van der Waals surface area contributed by atoms with Crippen LogP contribution < -0.4 is 11.1 Å². The standard InChI is InChI=1S/C15H21N5.HI/c1-11(2)8-18-15(16)19-10-14-17-9-13(20-14)12-6-4-3-5-7-12;/h3-7,9,11H,8,10H2,1-2H3,(H,17,20)(H3,16,18,19);1H. The van der Waals surface area contributed by atoms with Gasteiger partial charge in [0.15, 0.2) is 5.96 Å². The number of rotatable bonds is 5. The minimum Gasteiger partial charge on any atom is -0.370 e. The summed E-state index contributed by atoms with van der Waals surface area (Å²) < 4.78 is 0. The maximum absolute atomic E-state index is 5.78. The molecule has 1 heterocycles. The number of hydrogen-bond acceptors (Lipinski definition) is 2. The number of halogens is 1. The number of aromatic nitrogens is 2. The monoisotopic (exact) mass is 399 g/mol. The van der Waals surface area contributed by atoms with E-state index in [4.69, 9.17) is 5.73 Å². The van der Waals surface area contributed by atoms with Gasteiger partial charge in [-0.3, -0.25) is 0 Å². The third kappa shape index (κ3) is 5.74. The Balaban J connectivity index is 0.00000220. The molecule has 2 aromatic rings. The Kier molecular flexibility index (Phi) is 7.21. The van der Waals surface area contributed by atoms with Crippen molar-refractivity contribution in [2.24, 2.45) is 16.6 Å². The van der Waals surface area contributed by atoms with Gasteiger partial charge in [-0.1, -0.05) is 44.2 Å². The molecule has 0 aliphatic carbocycles. The molecule has 21 heavy (non-hydrogen) atoms. The van der Waals surface area contributed by atoms with Gasteiger partial charge in [-0.25, -0.2) is 9.98 Å². The summed E-state index contributed by atoms with van der Waals surface area (Å²) >= 11 is 0. The average molecular weight is 399 g/mol. The molecule has 114 valence electrons. The summed E-state index contributed by atoms with van der Waals surface area (Å²) in [5.74, 6) is 1.80. The molecule has 0 aliphatic rings. The zero-order valence-corrected chi connectivity index (χ0v) is 14.7. The van der Waals surface area contributed by atoms with Gasteiger partial charge >= 0.3 is 0 Å². The zero-order chi connectivity index (χ0) is 14.4. The predicted octanol–water partition coefficient (Wildman–Crippen LogP) is 2.76. The second-order valence-electron chi connectivity index (χ2n) is 5.09. The number of imidazole rings is 1. The SMILES string of the molecule is CC(C)CNC(N)=NCc1ncc(-c2ccccc2)[nH]1.I. The van der Waals surface area contributed by atoms with Gasteiger partial charge in [-0.2, -0.15) is 0 Å². The third-order valence-electron chi connectivity index (χ3n) is 2.80. The van der Waals surface area contributed by atoms with E-state index in [9.17, 15) is 0 Å². The Bertz CT molecular complexity index is 562. The maximum Gasteiger partial charge on any atom is 0.189 e. The van der Waals surface area contributed by atoms with E-state index in [-0.39, 0.29) is 24.0 Å². The summed E-state index contributed by atoms with van der Waals surface area (Å²) in [6.07, 6.45) is 1.82. The largest absolute Gasteiger partial charge is 0.370 e. The van der Waals surface area contributed by atoms with Crippen LogP contribution in [0.4, 0.5) is 0 Å². The Labute approximate surface area is 142 Å². The van der Waals surface area contributed by atoms with Crippen LogP contribution in [0.15, 0.2) is 41.5 Å². The van der Waals surface area contributed by atoms with Crippen molar-refractivity contribution in [2.75, 3.05) is 6.54 Å². The first-order valence-corrected chi connectivity index (χ1v) is 6.78. The van der Waals surface area contributed by atoms with Gasteiger partial charge in [-0.05, 0) is 11.5 Å². The van der Waals surface area contributed by atoms with Crippen LogP contribution in [0.2, 0.25) is 0 Å². The molecule has 0 amide bonds. The van der Waals surface area contributed by atoms with Crippen LogP contribution in [0.25, 0.3) is 11.3 Å². The molecule has 0 spiro atoms. The molecule has 1 aromatic heterocycles. The van der Waals surface area contributed by atoms with Crippen LogP contribution in [-0.2, 0) is 6.54 Å². The van der Waals surface area contributed by atoms with E-state index in [2.05, 4.69) is 34.1 Å². The van der Waals surface area contributed by atoms with Crippen molar-refractivity contribution in [2.45, 2.75) is 20.4 Å². The highest BCUT2D eigenvalue weighted by Crippen LogP contribution is 2.16. The fraction of sp³-hybridized carbons (Fsp3) is 0.333. The van der Waals surface area contributed by atoms with E-state index in [0.717, 1.165) is 23.6 Å². The van der Waals surface area contributed by atoms with E-state index < -0.39 is 0 Å². The molecule has 6 heteroatoms. The van der Waals surface area contributed by atoms with Crippen molar-refractivity contribution in [3.63, 3.8) is 0 Å². The summed E-state index contributed by atoms with van der Waals surface area (Å²) in [5, 5.41) is 3.08. The van der Waals surface area contributed by atoms with Crippen molar-refractivity contribution >= 4 is 29.9 Å². The highest BCUT2D eigenvalue weighted by Gasteiger charge is 2.02. The highest BCUT2D eigenvalue weighted by atomic mass is 127. The number of aromatic amines is 1. The average Bonchev–Trinajstić information content (AvgIpc) is 2.93. The second kappa shape index (κ2) is 8.66. The first-order chi connectivity index (χ1) is 9.65. The van der Waals surface area contributed by atoms with Gasteiger partial charge in [0.2, 0.25) is 0 Å².